The fourth-order valence-corrected chi connectivity index (χ4v) is 4.99. The monoisotopic (exact) mass is 461 g/mol. The van der Waals surface area contributed by atoms with Crippen LogP contribution in [0.15, 0.2) is 14.7 Å². The highest BCUT2D eigenvalue weighted by molar-refractivity contribution is 7.99. The predicted molar refractivity (Wildman–Crippen MR) is 125 cm³/mol. The lowest BCUT2D eigenvalue weighted by atomic mass is 10.1. The van der Waals surface area contributed by atoms with E-state index in [0.717, 1.165) is 49.3 Å². The van der Waals surface area contributed by atoms with E-state index >= 15 is 0 Å². The number of carbonyl (C=O) groups excluding carboxylic acids is 1. The molecule has 11 heteroatoms. The van der Waals surface area contributed by atoms with Crippen LogP contribution in [-0.4, -0.2) is 48.5 Å². The summed E-state index contributed by atoms with van der Waals surface area (Å²) in [5, 5.41) is 9.48. The third-order valence-electron chi connectivity index (χ3n) is 5.94. The van der Waals surface area contributed by atoms with Gasteiger partial charge in [-0.15, -0.1) is 10.2 Å². The number of aromatic nitrogens is 5. The Morgan fingerprint density at radius 2 is 1.84 bits per heavy atom. The number of rotatable bonds is 8. The van der Waals surface area contributed by atoms with Crippen molar-refractivity contribution in [2.75, 3.05) is 29.5 Å². The number of anilines is 2. The lowest BCUT2D eigenvalue weighted by molar-refractivity contribution is 0.102. The summed E-state index contributed by atoms with van der Waals surface area (Å²) in [6.07, 6.45) is 5.68. The molecular weight excluding hydrogens is 430 g/mol. The van der Waals surface area contributed by atoms with Gasteiger partial charge in [0.1, 0.15) is 11.4 Å². The van der Waals surface area contributed by atoms with Gasteiger partial charge in [0.05, 0.1) is 5.75 Å². The number of hydrogen-bond donors (Lipinski definition) is 1. The second kappa shape index (κ2) is 9.13. The standard InChI is InChI=1S/C21H31N7O3S/c1-13(2)11-27-17(22)16(18(30)25(3)21(27)31)15(29)12-32-20-24-23-19(28(20)14-7-8-14)26-9-5-4-6-10-26/h13-14H,4-12,22H2,1-3H3. The van der Waals surface area contributed by atoms with Crippen molar-refractivity contribution < 1.29 is 4.79 Å². The fourth-order valence-electron chi connectivity index (χ4n) is 4.12. The van der Waals surface area contributed by atoms with E-state index in [4.69, 9.17) is 5.73 Å². The third kappa shape index (κ3) is 4.35. The van der Waals surface area contributed by atoms with Crippen LogP contribution in [0.3, 0.4) is 0 Å². The molecule has 32 heavy (non-hydrogen) atoms. The minimum absolute atomic E-state index is 0.00414. The molecule has 0 bridgehead atoms. The Kier molecular flexibility index (Phi) is 6.45. The van der Waals surface area contributed by atoms with Crippen molar-refractivity contribution in [1.29, 1.82) is 0 Å². The average Bonchev–Trinajstić information content (AvgIpc) is 3.53. The second-order valence-electron chi connectivity index (χ2n) is 9.05. The summed E-state index contributed by atoms with van der Waals surface area (Å²) in [5.41, 5.74) is 4.85. The van der Waals surface area contributed by atoms with Crippen molar-refractivity contribution in [3.05, 3.63) is 26.4 Å². The summed E-state index contributed by atoms with van der Waals surface area (Å²) in [6, 6.07) is 0.366. The number of nitrogen functional groups attached to an aromatic ring is 1. The van der Waals surface area contributed by atoms with Gasteiger partial charge >= 0.3 is 5.69 Å². The SMILES string of the molecule is CC(C)Cn1c(N)c(C(=O)CSc2nnc(N3CCCCC3)n2C2CC2)c(=O)n(C)c1=O. The van der Waals surface area contributed by atoms with E-state index in [0.29, 0.717) is 17.7 Å². The Bertz CT molecular complexity index is 1120. The molecule has 3 heterocycles. The smallest absolute Gasteiger partial charge is 0.332 e. The topological polar surface area (TPSA) is 121 Å². The number of thioether (sulfide) groups is 1. The number of hydrogen-bond acceptors (Lipinski definition) is 8. The summed E-state index contributed by atoms with van der Waals surface area (Å²) in [6.45, 7) is 6.16. The van der Waals surface area contributed by atoms with Crippen LogP contribution in [0.1, 0.15) is 62.4 Å². The van der Waals surface area contributed by atoms with Crippen LogP contribution in [0, 0.1) is 5.92 Å². The Hall–Kier alpha value is -2.56. The molecule has 174 valence electrons. The van der Waals surface area contributed by atoms with E-state index in [-0.39, 0.29) is 23.1 Å². The van der Waals surface area contributed by atoms with Gasteiger partial charge in [-0.3, -0.25) is 23.3 Å². The molecule has 0 amide bonds. The molecule has 1 saturated carbocycles. The molecule has 10 nitrogen and oxygen atoms in total. The molecular formula is C21H31N7O3S. The van der Waals surface area contributed by atoms with Crippen molar-refractivity contribution in [1.82, 2.24) is 23.9 Å². The molecule has 0 atom stereocenters. The zero-order valence-corrected chi connectivity index (χ0v) is 19.7. The molecule has 2 aromatic rings. The predicted octanol–water partition coefficient (Wildman–Crippen LogP) is 1.68. The quantitative estimate of drug-likeness (QED) is 0.466. The molecule has 0 aromatic carbocycles. The summed E-state index contributed by atoms with van der Waals surface area (Å²) >= 11 is 1.27. The van der Waals surface area contributed by atoms with E-state index < -0.39 is 17.0 Å². The molecule has 2 aliphatic rings. The lowest BCUT2D eigenvalue weighted by Crippen LogP contribution is -2.43. The van der Waals surface area contributed by atoms with E-state index in [2.05, 4.69) is 19.7 Å². The Balaban J connectivity index is 1.58. The normalized spacial score (nSPS) is 16.7. The number of Topliss-reactive ketones (excluding diaryl/α,β-unsaturated/α-hetero) is 1. The Morgan fingerprint density at radius 1 is 1.16 bits per heavy atom. The molecule has 0 radical (unpaired) electrons. The highest BCUT2D eigenvalue weighted by Crippen LogP contribution is 2.41. The molecule has 0 spiro atoms. The van der Waals surface area contributed by atoms with Crippen LogP contribution in [0.2, 0.25) is 0 Å². The van der Waals surface area contributed by atoms with E-state index in [1.807, 2.05) is 13.8 Å². The number of piperidine rings is 1. The zero-order chi connectivity index (χ0) is 23.0. The fraction of sp³-hybridized carbons (Fsp3) is 0.667. The van der Waals surface area contributed by atoms with Crippen LogP contribution >= 0.6 is 11.8 Å². The Labute approximate surface area is 190 Å². The summed E-state index contributed by atoms with van der Waals surface area (Å²) < 4.78 is 4.41. The van der Waals surface area contributed by atoms with Crippen molar-refractivity contribution in [3.8, 4) is 0 Å². The van der Waals surface area contributed by atoms with Gasteiger partial charge in [0.2, 0.25) is 5.95 Å². The second-order valence-corrected chi connectivity index (χ2v) is 10.00. The molecule has 2 fully saturated rings. The molecule has 1 aliphatic heterocycles. The van der Waals surface area contributed by atoms with Crippen molar-refractivity contribution in [3.63, 3.8) is 0 Å². The maximum atomic E-state index is 13.1. The van der Waals surface area contributed by atoms with Gasteiger partial charge in [0.15, 0.2) is 10.9 Å². The zero-order valence-electron chi connectivity index (χ0n) is 18.9. The first-order valence-electron chi connectivity index (χ1n) is 11.2. The van der Waals surface area contributed by atoms with Gasteiger partial charge < -0.3 is 10.6 Å². The summed E-state index contributed by atoms with van der Waals surface area (Å²) in [7, 11) is 1.37. The summed E-state index contributed by atoms with van der Waals surface area (Å²) in [4.78, 5) is 40.5. The highest BCUT2D eigenvalue weighted by atomic mass is 32.2. The van der Waals surface area contributed by atoms with Crippen LogP contribution < -0.4 is 21.9 Å². The first-order chi connectivity index (χ1) is 15.3. The van der Waals surface area contributed by atoms with Crippen molar-refractivity contribution in [2.24, 2.45) is 13.0 Å². The van der Waals surface area contributed by atoms with Crippen LogP contribution in [0.4, 0.5) is 11.8 Å². The number of carbonyl (C=O) groups is 1. The minimum atomic E-state index is -0.657. The largest absolute Gasteiger partial charge is 0.384 e. The lowest BCUT2D eigenvalue weighted by Gasteiger charge is -2.27. The van der Waals surface area contributed by atoms with Gasteiger partial charge in [-0.05, 0) is 38.0 Å². The molecule has 4 rings (SSSR count). The highest BCUT2D eigenvalue weighted by Gasteiger charge is 2.32. The van der Waals surface area contributed by atoms with E-state index in [1.165, 1.54) is 29.8 Å². The van der Waals surface area contributed by atoms with Gasteiger partial charge in [0.25, 0.3) is 5.56 Å². The number of nitrogens with zero attached hydrogens (tertiary/aromatic N) is 6. The molecule has 2 aromatic heterocycles. The van der Waals surface area contributed by atoms with Crippen LogP contribution in [0.5, 0.6) is 0 Å². The Morgan fingerprint density at radius 3 is 2.47 bits per heavy atom. The van der Waals surface area contributed by atoms with Crippen LogP contribution in [-0.2, 0) is 13.6 Å². The number of ketones is 1. The molecule has 2 N–H and O–H groups in total. The molecule has 0 unspecified atom stereocenters. The van der Waals surface area contributed by atoms with E-state index in [1.54, 1.807) is 0 Å². The first-order valence-corrected chi connectivity index (χ1v) is 12.2. The molecule has 1 aliphatic carbocycles. The van der Waals surface area contributed by atoms with Gasteiger partial charge in [0, 0.05) is 32.7 Å². The maximum absolute atomic E-state index is 13.1. The van der Waals surface area contributed by atoms with Crippen molar-refractivity contribution >= 4 is 29.3 Å². The number of nitrogens with two attached hydrogens (primary N) is 1. The van der Waals surface area contributed by atoms with E-state index in [9.17, 15) is 14.4 Å². The average molecular weight is 462 g/mol. The summed E-state index contributed by atoms with van der Waals surface area (Å²) in [5.74, 6) is 0.549. The molecule has 1 saturated heterocycles. The van der Waals surface area contributed by atoms with Crippen molar-refractivity contribution in [2.45, 2.75) is 63.7 Å². The first kappa shape index (κ1) is 22.6. The maximum Gasteiger partial charge on any atom is 0.332 e. The van der Waals surface area contributed by atoms with Gasteiger partial charge in [-0.1, -0.05) is 25.6 Å². The van der Waals surface area contributed by atoms with Crippen LogP contribution in [0.25, 0.3) is 0 Å². The third-order valence-corrected chi connectivity index (χ3v) is 6.88. The van der Waals surface area contributed by atoms with Gasteiger partial charge in [-0.2, -0.15) is 0 Å². The minimum Gasteiger partial charge on any atom is -0.384 e. The van der Waals surface area contributed by atoms with Gasteiger partial charge in [-0.25, -0.2) is 4.79 Å².